The number of carbonyl (C=O) groups excluding carboxylic acids is 1. The summed E-state index contributed by atoms with van der Waals surface area (Å²) in [5.41, 5.74) is -0.768. The number of rotatable bonds is 5. The molecule has 3 nitrogen and oxygen atoms in total. The maximum atomic E-state index is 12.9. The molecule has 0 bridgehead atoms. The van der Waals surface area contributed by atoms with Crippen molar-refractivity contribution in [1.82, 2.24) is 0 Å². The van der Waals surface area contributed by atoms with Crippen LogP contribution in [0.1, 0.15) is 22.8 Å². The maximum absolute atomic E-state index is 12.9. The monoisotopic (exact) mass is 389 g/mol. The third-order valence-corrected chi connectivity index (χ3v) is 4.33. The zero-order valence-corrected chi connectivity index (χ0v) is 15.0. The molecule has 2 rings (SSSR count). The van der Waals surface area contributed by atoms with Gasteiger partial charge in [-0.25, -0.2) is 0 Å². The third-order valence-electron chi connectivity index (χ3n) is 3.27. The van der Waals surface area contributed by atoms with Crippen LogP contribution in [0.25, 0.3) is 0 Å². The zero-order chi connectivity index (χ0) is 18.6. The molecule has 0 spiro atoms. The number of thioether (sulfide) groups is 1. The van der Waals surface area contributed by atoms with Gasteiger partial charge < -0.3 is 10.1 Å². The van der Waals surface area contributed by atoms with Crippen LogP contribution in [0.3, 0.4) is 0 Å². The number of nitrogens with one attached hydrogen (secondary N) is 1. The fourth-order valence-corrected chi connectivity index (χ4v) is 2.72. The van der Waals surface area contributed by atoms with Gasteiger partial charge in [0.05, 0.1) is 28.4 Å². The van der Waals surface area contributed by atoms with Gasteiger partial charge in [-0.1, -0.05) is 11.6 Å². The van der Waals surface area contributed by atoms with Gasteiger partial charge >= 0.3 is 6.18 Å². The number of benzene rings is 2. The van der Waals surface area contributed by atoms with Crippen molar-refractivity contribution in [2.45, 2.75) is 18.0 Å². The first-order valence-corrected chi connectivity index (χ1v) is 8.85. The lowest BCUT2D eigenvalue weighted by atomic mass is 10.1. The third kappa shape index (κ3) is 4.83. The summed E-state index contributed by atoms with van der Waals surface area (Å²) in [6.07, 6.45) is -2.69. The number of anilines is 1. The van der Waals surface area contributed by atoms with Gasteiger partial charge in [0.25, 0.3) is 5.91 Å². The molecule has 25 heavy (non-hydrogen) atoms. The first-order valence-electron chi connectivity index (χ1n) is 7.25. The number of hydrogen-bond donors (Lipinski definition) is 1. The highest BCUT2D eigenvalue weighted by molar-refractivity contribution is 7.98. The smallest absolute Gasteiger partial charge is 0.416 e. The van der Waals surface area contributed by atoms with Crippen LogP contribution in [0.4, 0.5) is 18.9 Å². The van der Waals surface area contributed by atoms with Crippen molar-refractivity contribution in [3.8, 4) is 5.75 Å². The second kappa shape index (κ2) is 8.01. The molecule has 2 aromatic carbocycles. The lowest BCUT2D eigenvalue weighted by molar-refractivity contribution is -0.137. The van der Waals surface area contributed by atoms with Crippen LogP contribution in [0.15, 0.2) is 41.3 Å². The van der Waals surface area contributed by atoms with E-state index in [1.807, 2.05) is 6.26 Å². The van der Waals surface area contributed by atoms with E-state index in [2.05, 4.69) is 5.32 Å². The molecular formula is C17H15ClF3NO2S. The first kappa shape index (κ1) is 19.5. The normalized spacial score (nSPS) is 11.3. The lowest BCUT2D eigenvalue weighted by Gasteiger charge is -2.15. The Morgan fingerprint density at radius 2 is 1.96 bits per heavy atom. The Morgan fingerprint density at radius 3 is 2.56 bits per heavy atom. The van der Waals surface area contributed by atoms with Crippen LogP contribution >= 0.6 is 23.4 Å². The molecule has 0 radical (unpaired) electrons. The van der Waals surface area contributed by atoms with E-state index in [9.17, 15) is 18.0 Å². The van der Waals surface area contributed by atoms with Crippen molar-refractivity contribution >= 4 is 35.0 Å². The van der Waals surface area contributed by atoms with Crippen LogP contribution < -0.4 is 10.1 Å². The molecule has 1 amide bonds. The van der Waals surface area contributed by atoms with E-state index in [0.29, 0.717) is 0 Å². The van der Waals surface area contributed by atoms with Crippen molar-refractivity contribution in [3.05, 3.63) is 52.5 Å². The van der Waals surface area contributed by atoms with Gasteiger partial charge in [0.2, 0.25) is 0 Å². The molecular weight excluding hydrogens is 375 g/mol. The summed E-state index contributed by atoms with van der Waals surface area (Å²) < 4.78 is 44.1. The summed E-state index contributed by atoms with van der Waals surface area (Å²) in [7, 11) is 0. The second-order valence-corrected chi connectivity index (χ2v) is 6.23. The van der Waals surface area contributed by atoms with Gasteiger partial charge in [0, 0.05) is 4.90 Å². The second-order valence-electron chi connectivity index (χ2n) is 4.94. The largest absolute Gasteiger partial charge is 0.492 e. The fourth-order valence-electron chi connectivity index (χ4n) is 2.08. The Labute approximate surface area is 152 Å². The Bertz CT molecular complexity index is 781. The van der Waals surface area contributed by atoms with Crippen molar-refractivity contribution in [2.24, 2.45) is 0 Å². The SMILES string of the molecule is CCOc1ccc(C(F)(F)F)cc1NC(=O)c1cc(SC)ccc1Cl. The number of hydrogen-bond acceptors (Lipinski definition) is 3. The molecule has 0 unspecified atom stereocenters. The minimum absolute atomic E-state index is 0.0627. The van der Waals surface area contributed by atoms with Crippen LogP contribution in [0.5, 0.6) is 5.75 Å². The number of alkyl halides is 3. The quantitative estimate of drug-likeness (QED) is 0.663. The van der Waals surface area contributed by atoms with Gasteiger partial charge in [-0.3, -0.25) is 4.79 Å². The van der Waals surface area contributed by atoms with Crippen LogP contribution in [-0.4, -0.2) is 18.8 Å². The molecule has 0 aliphatic rings. The topological polar surface area (TPSA) is 38.3 Å². The maximum Gasteiger partial charge on any atom is 0.416 e. The van der Waals surface area contributed by atoms with Gasteiger partial charge in [-0.15, -0.1) is 11.8 Å². The summed E-state index contributed by atoms with van der Waals surface area (Å²) in [6, 6.07) is 7.83. The van der Waals surface area contributed by atoms with E-state index in [4.69, 9.17) is 16.3 Å². The van der Waals surface area contributed by atoms with Crippen molar-refractivity contribution in [2.75, 3.05) is 18.2 Å². The average molecular weight is 390 g/mol. The van der Waals surface area contributed by atoms with Crippen LogP contribution in [0, 0.1) is 0 Å². The predicted octanol–water partition coefficient (Wildman–Crippen LogP) is 5.73. The highest BCUT2D eigenvalue weighted by atomic mass is 35.5. The Hall–Kier alpha value is -1.86. The Balaban J connectivity index is 2.39. The van der Waals surface area contributed by atoms with E-state index < -0.39 is 17.6 Å². The lowest BCUT2D eigenvalue weighted by Crippen LogP contribution is -2.15. The molecule has 0 aliphatic heterocycles. The molecule has 0 aromatic heterocycles. The molecule has 8 heteroatoms. The molecule has 0 aliphatic carbocycles. The molecule has 0 saturated heterocycles. The van der Waals surface area contributed by atoms with Crippen molar-refractivity contribution < 1.29 is 22.7 Å². The van der Waals surface area contributed by atoms with Gasteiger partial charge in [0.15, 0.2) is 0 Å². The summed E-state index contributed by atoms with van der Waals surface area (Å²) in [5, 5.41) is 2.67. The number of carbonyl (C=O) groups is 1. The van der Waals surface area contributed by atoms with Crippen molar-refractivity contribution in [3.63, 3.8) is 0 Å². The number of halogens is 4. The van der Waals surface area contributed by atoms with E-state index >= 15 is 0 Å². The number of amides is 1. The zero-order valence-electron chi connectivity index (χ0n) is 13.4. The van der Waals surface area contributed by atoms with Gasteiger partial charge in [0.1, 0.15) is 5.75 Å². The molecule has 0 fully saturated rings. The Morgan fingerprint density at radius 1 is 1.24 bits per heavy atom. The standard InChI is InChI=1S/C17H15ClF3NO2S/c1-3-24-15-7-4-10(17(19,20)21)8-14(15)22-16(23)12-9-11(25-2)5-6-13(12)18/h4-9H,3H2,1-2H3,(H,22,23). The summed E-state index contributed by atoms with van der Waals surface area (Å²) in [4.78, 5) is 13.3. The molecule has 1 N–H and O–H groups in total. The van der Waals surface area contributed by atoms with E-state index in [-0.39, 0.29) is 28.6 Å². The molecule has 134 valence electrons. The molecule has 0 atom stereocenters. The highest BCUT2D eigenvalue weighted by Gasteiger charge is 2.31. The summed E-state index contributed by atoms with van der Waals surface area (Å²) in [6.45, 7) is 1.94. The van der Waals surface area contributed by atoms with Crippen LogP contribution in [0.2, 0.25) is 5.02 Å². The predicted molar refractivity (Wildman–Crippen MR) is 93.8 cm³/mol. The van der Waals surface area contributed by atoms with Gasteiger partial charge in [-0.2, -0.15) is 13.2 Å². The fraction of sp³-hybridized carbons (Fsp3) is 0.235. The average Bonchev–Trinajstić information content (AvgIpc) is 2.56. The number of ether oxygens (including phenoxy) is 1. The minimum Gasteiger partial charge on any atom is -0.492 e. The van der Waals surface area contributed by atoms with E-state index in [1.54, 1.807) is 25.1 Å². The Kier molecular flexibility index (Phi) is 6.24. The molecule has 0 saturated carbocycles. The molecule has 2 aromatic rings. The van der Waals surface area contributed by atoms with E-state index in [0.717, 1.165) is 17.0 Å². The summed E-state index contributed by atoms with van der Waals surface area (Å²) in [5.74, 6) is -0.456. The highest BCUT2D eigenvalue weighted by Crippen LogP contribution is 2.35. The summed E-state index contributed by atoms with van der Waals surface area (Å²) >= 11 is 7.46. The van der Waals surface area contributed by atoms with Crippen molar-refractivity contribution in [1.29, 1.82) is 0 Å². The van der Waals surface area contributed by atoms with Gasteiger partial charge in [-0.05, 0) is 49.6 Å². The van der Waals surface area contributed by atoms with Crippen LogP contribution in [-0.2, 0) is 6.18 Å². The first-order chi connectivity index (χ1) is 11.8. The minimum atomic E-state index is -4.53. The molecule has 0 heterocycles. The van der Waals surface area contributed by atoms with E-state index in [1.165, 1.54) is 17.8 Å².